The number of H-pyrrole nitrogens is 1. The molecule has 0 aliphatic heterocycles. The van der Waals surface area contributed by atoms with Crippen molar-refractivity contribution >= 4 is 10.9 Å². The molecule has 1 heterocycles. The predicted molar refractivity (Wildman–Crippen MR) is 77.1 cm³/mol. The van der Waals surface area contributed by atoms with E-state index < -0.39 is 0 Å². The molecule has 1 aromatic heterocycles. The maximum absolute atomic E-state index is 3.47. The molecular weight excluding hydrogens is 220 g/mol. The Morgan fingerprint density at radius 1 is 1.28 bits per heavy atom. The van der Waals surface area contributed by atoms with Gasteiger partial charge in [-0.15, -0.1) is 0 Å². The predicted octanol–water partition coefficient (Wildman–Crippen LogP) is 3.72. The van der Waals surface area contributed by atoms with Crippen LogP contribution in [0.2, 0.25) is 0 Å². The first-order valence-electron chi connectivity index (χ1n) is 7.03. The maximum atomic E-state index is 3.47. The summed E-state index contributed by atoms with van der Waals surface area (Å²) in [5.74, 6) is 0.715. The zero-order chi connectivity index (χ0) is 12.5. The average Bonchev–Trinajstić information content (AvgIpc) is 2.84. The first-order chi connectivity index (χ1) is 8.79. The van der Waals surface area contributed by atoms with Crippen LogP contribution in [0.3, 0.4) is 0 Å². The van der Waals surface area contributed by atoms with Gasteiger partial charge in [-0.25, -0.2) is 0 Å². The molecule has 1 aliphatic carbocycles. The first-order valence-corrected chi connectivity index (χ1v) is 7.03. The van der Waals surface area contributed by atoms with Gasteiger partial charge in [-0.3, -0.25) is 0 Å². The van der Waals surface area contributed by atoms with Crippen molar-refractivity contribution in [2.75, 3.05) is 7.05 Å². The van der Waals surface area contributed by atoms with Gasteiger partial charge in [-0.2, -0.15) is 0 Å². The van der Waals surface area contributed by atoms with E-state index in [0.717, 1.165) is 0 Å². The monoisotopic (exact) mass is 242 g/mol. The van der Waals surface area contributed by atoms with Crippen LogP contribution < -0.4 is 5.32 Å². The van der Waals surface area contributed by atoms with Crippen molar-refractivity contribution in [1.29, 1.82) is 0 Å². The number of hydrogen-bond donors (Lipinski definition) is 2. The van der Waals surface area contributed by atoms with Crippen LogP contribution in [0.15, 0.2) is 24.4 Å². The minimum absolute atomic E-state index is 0.693. The molecule has 0 amide bonds. The van der Waals surface area contributed by atoms with Crippen molar-refractivity contribution < 1.29 is 0 Å². The van der Waals surface area contributed by atoms with Gasteiger partial charge in [0.25, 0.3) is 0 Å². The SMILES string of the molecule is CNC1CCCC(c2c[nH]c3c(C)cccc23)C1. The highest BCUT2D eigenvalue weighted by atomic mass is 14.9. The average molecular weight is 242 g/mol. The second-order valence-corrected chi connectivity index (χ2v) is 5.59. The van der Waals surface area contributed by atoms with E-state index in [4.69, 9.17) is 0 Å². The fourth-order valence-corrected chi connectivity index (χ4v) is 3.40. The Bertz CT molecular complexity index is 541. The van der Waals surface area contributed by atoms with E-state index in [2.05, 4.69) is 48.7 Å². The third-order valence-corrected chi connectivity index (χ3v) is 4.48. The molecule has 0 bridgehead atoms. The van der Waals surface area contributed by atoms with E-state index in [1.165, 1.54) is 47.7 Å². The number of para-hydroxylation sites is 1. The Morgan fingerprint density at radius 2 is 2.17 bits per heavy atom. The Morgan fingerprint density at radius 3 is 3.00 bits per heavy atom. The van der Waals surface area contributed by atoms with E-state index in [-0.39, 0.29) is 0 Å². The zero-order valence-electron chi connectivity index (χ0n) is 11.3. The summed E-state index contributed by atoms with van der Waals surface area (Å²) in [6, 6.07) is 7.31. The van der Waals surface area contributed by atoms with Gasteiger partial charge in [-0.05, 0) is 50.3 Å². The van der Waals surface area contributed by atoms with E-state index in [9.17, 15) is 0 Å². The fraction of sp³-hybridized carbons (Fsp3) is 0.500. The molecule has 2 unspecified atom stereocenters. The molecule has 96 valence electrons. The van der Waals surface area contributed by atoms with Crippen molar-refractivity contribution in [3.63, 3.8) is 0 Å². The number of hydrogen-bond acceptors (Lipinski definition) is 1. The molecule has 3 rings (SSSR count). The van der Waals surface area contributed by atoms with E-state index >= 15 is 0 Å². The smallest absolute Gasteiger partial charge is 0.0486 e. The van der Waals surface area contributed by atoms with Gasteiger partial charge >= 0.3 is 0 Å². The Balaban J connectivity index is 1.96. The van der Waals surface area contributed by atoms with Crippen LogP contribution >= 0.6 is 0 Å². The van der Waals surface area contributed by atoms with Gasteiger partial charge in [0, 0.05) is 23.1 Å². The lowest BCUT2D eigenvalue weighted by atomic mass is 9.81. The second kappa shape index (κ2) is 4.77. The van der Waals surface area contributed by atoms with Gasteiger partial charge < -0.3 is 10.3 Å². The molecule has 2 atom stereocenters. The summed E-state index contributed by atoms with van der Waals surface area (Å²) in [5, 5.41) is 4.87. The molecule has 2 nitrogen and oxygen atoms in total. The van der Waals surface area contributed by atoms with E-state index in [1.54, 1.807) is 0 Å². The van der Waals surface area contributed by atoms with Crippen LogP contribution in [-0.2, 0) is 0 Å². The number of rotatable bonds is 2. The molecule has 0 spiro atoms. The number of nitrogens with one attached hydrogen (secondary N) is 2. The van der Waals surface area contributed by atoms with Crippen molar-refractivity contribution in [1.82, 2.24) is 10.3 Å². The molecule has 2 aromatic rings. The molecule has 18 heavy (non-hydrogen) atoms. The minimum atomic E-state index is 0.693. The lowest BCUT2D eigenvalue weighted by Crippen LogP contribution is -2.30. The van der Waals surface area contributed by atoms with Gasteiger partial charge in [-0.1, -0.05) is 24.6 Å². The molecule has 2 N–H and O–H groups in total. The standard InChI is InChI=1S/C16H22N2/c1-11-5-3-8-14-15(10-18-16(11)14)12-6-4-7-13(9-12)17-2/h3,5,8,10,12-13,17-18H,4,6-7,9H2,1-2H3. The topological polar surface area (TPSA) is 27.8 Å². The fourth-order valence-electron chi connectivity index (χ4n) is 3.40. The summed E-state index contributed by atoms with van der Waals surface area (Å²) in [4.78, 5) is 3.47. The van der Waals surface area contributed by atoms with Crippen LogP contribution in [0.5, 0.6) is 0 Å². The zero-order valence-corrected chi connectivity index (χ0v) is 11.3. The quantitative estimate of drug-likeness (QED) is 0.825. The van der Waals surface area contributed by atoms with Crippen LogP contribution in [0, 0.1) is 6.92 Å². The first kappa shape index (κ1) is 11.8. The third kappa shape index (κ3) is 1.95. The normalized spacial score (nSPS) is 24.6. The van der Waals surface area contributed by atoms with Crippen molar-refractivity contribution in [2.45, 2.75) is 44.6 Å². The van der Waals surface area contributed by atoms with Crippen LogP contribution in [0.25, 0.3) is 10.9 Å². The number of benzene rings is 1. The molecular formula is C16H22N2. The molecule has 0 radical (unpaired) electrons. The minimum Gasteiger partial charge on any atom is -0.361 e. The third-order valence-electron chi connectivity index (χ3n) is 4.48. The highest BCUT2D eigenvalue weighted by molar-refractivity contribution is 5.86. The molecule has 1 aromatic carbocycles. The highest BCUT2D eigenvalue weighted by Crippen LogP contribution is 2.37. The Kier molecular flexibility index (Phi) is 3.13. The summed E-state index contributed by atoms with van der Waals surface area (Å²) in [5.41, 5.74) is 4.19. The van der Waals surface area contributed by atoms with Crippen LogP contribution in [-0.4, -0.2) is 18.1 Å². The Labute approximate surface area is 109 Å². The van der Waals surface area contributed by atoms with Crippen molar-refractivity contribution in [3.05, 3.63) is 35.5 Å². The number of aryl methyl sites for hydroxylation is 1. The summed E-state index contributed by atoms with van der Waals surface area (Å²) in [7, 11) is 2.09. The van der Waals surface area contributed by atoms with Crippen molar-refractivity contribution in [3.8, 4) is 0 Å². The molecule has 0 saturated heterocycles. The summed E-state index contributed by atoms with van der Waals surface area (Å²) >= 11 is 0. The Hall–Kier alpha value is -1.28. The molecule has 1 aliphatic rings. The lowest BCUT2D eigenvalue weighted by molar-refractivity contribution is 0.356. The summed E-state index contributed by atoms with van der Waals surface area (Å²) in [6.07, 6.45) is 7.51. The van der Waals surface area contributed by atoms with Crippen LogP contribution in [0.4, 0.5) is 0 Å². The van der Waals surface area contributed by atoms with Gasteiger partial charge in [0.15, 0.2) is 0 Å². The molecule has 1 saturated carbocycles. The number of aromatic amines is 1. The largest absolute Gasteiger partial charge is 0.361 e. The van der Waals surface area contributed by atoms with E-state index in [1.807, 2.05) is 0 Å². The number of fused-ring (bicyclic) bond motifs is 1. The summed E-state index contributed by atoms with van der Waals surface area (Å²) in [6.45, 7) is 2.18. The van der Waals surface area contributed by atoms with Gasteiger partial charge in [0.05, 0.1) is 0 Å². The molecule has 1 fully saturated rings. The maximum Gasteiger partial charge on any atom is 0.0486 e. The van der Waals surface area contributed by atoms with Crippen molar-refractivity contribution in [2.24, 2.45) is 0 Å². The number of aromatic nitrogens is 1. The van der Waals surface area contributed by atoms with Crippen LogP contribution in [0.1, 0.15) is 42.7 Å². The lowest BCUT2D eigenvalue weighted by Gasteiger charge is -2.28. The van der Waals surface area contributed by atoms with E-state index in [0.29, 0.717) is 12.0 Å². The highest BCUT2D eigenvalue weighted by Gasteiger charge is 2.24. The second-order valence-electron chi connectivity index (χ2n) is 5.59. The molecule has 2 heteroatoms. The van der Waals surface area contributed by atoms with Gasteiger partial charge in [0.1, 0.15) is 0 Å². The summed E-state index contributed by atoms with van der Waals surface area (Å²) < 4.78 is 0. The van der Waals surface area contributed by atoms with Gasteiger partial charge in [0.2, 0.25) is 0 Å².